The van der Waals surface area contributed by atoms with Crippen LogP contribution in [-0.2, 0) is 30.8 Å². The number of amides is 1. The highest BCUT2D eigenvalue weighted by atomic mass is 32.2. The molecule has 2 atom stereocenters. The molecule has 2 fully saturated rings. The lowest BCUT2D eigenvalue weighted by molar-refractivity contribution is -0.285. The number of alkyl carbamates (subject to hydrolysis) is 1. The normalized spacial score (nSPS) is 20.3. The van der Waals surface area contributed by atoms with Crippen LogP contribution in [0.3, 0.4) is 0 Å². The first-order valence-electron chi connectivity index (χ1n) is 15.5. The third-order valence-corrected chi connectivity index (χ3v) is 12.5. The van der Waals surface area contributed by atoms with E-state index in [0.29, 0.717) is 29.0 Å². The Labute approximate surface area is 284 Å². The number of nitrogens with zero attached hydrogens (tertiary/aromatic N) is 1. The average molecular weight is 697 g/mol. The molecule has 2 saturated heterocycles. The first kappa shape index (κ1) is 33.7. The van der Waals surface area contributed by atoms with Crippen molar-refractivity contribution in [3.63, 3.8) is 0 Å². The Bertz CT molecular complexity index is 1830. The minimum atomic E-state index is -4.16. The van der Waals surface area contributed by atoms with Crippen molar-refractivity contribution in [2.75, 3.05) is 18.1 Å². The molecule has 0 spiro atoms. The number of ether oxygens (including phenoxy) is 4. The summed E-state index contributed by atoms with van der Waals surface area (Å²) in [5, 5.41) is 3.51. The molecule has 12 heteroatoms. The number of carbonyl (C=O) groups excluding carboxylic acids is 1. The predicted octanol–water partition coefficient (Wildman–Crippen LogP) is 7.65. The second kappa shape index (κ2) is 13.4. The van der Waals surface area contributed by atoms with Gasteiger partial charge in [0.05, 0.1) is 33.3 Å². The molecule has 0 radical (unpaired) electrons. The molecule has 1 aromatic heterocycles. The van der Waals surface area contributed by atoms with E-state index in [2.05, 4.69) is 5.32 Å². The fourth-order valence-electron chi connectivity index (χ4n) is 5.64. The van der Waals surface area contributed by atoms with Gasteiger partial charge in [0.15, 0.2) is 5.79 Å². The van der Waals surface area contributed by atoms with Crippen molar-refractivity contribution in [1.29, 1.82) is 0 Å². The summed E-state index contributed by atoms with van der Waals surface area (Å²) in [6.07, 6.45) is -1.57. The Balaban J connectivity index is 1.55. The highest BCUT2D eigenvalue weighted by Crippen LogP contribution is 2.48. The van der Waals surface area contributed by atoms with Gasteiger partial charge in [-0.15, -0.1) is 23.5 Å². The monoisotopic (exact) mass is 696 g/mol. The molecule has 4 aromatic rings. The maximum absolute atomic E-state index is 14.7. The van der Waals surface area contributed by atoms with E-state index in [4.69, 9.17) is 18.9 Å². The molecule has 0 unspecified atom stereocenters. The van der Waals surface area contributed by atoms with Crippen LogP contribution in [0.4, 0.5) is 4.79 Å². The summed E-state index contributed by atoms with van der Waals surface area (Å²) in [4.78, 5) is 13.1. The summed E-state index contributed by atoms with van der Waals surface area (Å²) in [5.74, 6) is 1.51. The maximum Gasteiger partial charge on any atom is 0.408 e. The number of hydrogen-bond donors (Lipinski definition) is 1. The van der Waals surface area contributed by atoms with Crippen molar-refractivity contribution < 1.29 is 32.2 Å². The van der Waals surface area contributed by atoms with Gasteiger partial charge in [-0.1, -0.05) is 48.5 Å². The zero-order chi connectivity index (χ0) is 33.4. The molecule has 9 nitrogen and oxygen atoms in total. The number of benzene rings is 3. The van der Waals surface area contributed by atoms with E-state index in [1.165, 1.54) is 3.97 Å². The molecule has 1 N–H and O–H groups in total. The third kappa shape index (κ3) is 7.62. The molecule has 6 rings (SSSR count). The first-order valence-corrected chi connectivity index (χ1v) is 19.1. The van der Waals surface area contributed by atoms with Gasteiger partial charge in [-0.05, 0) is 76.1 Å². The number of fused-ring (bicyclic) bond motifs is 1. The van der Waals surface area contributed by atoms with Gasteiger partial charge < -0.3 is 24.3 Å². The zero-order valence-corrected chi connectivity index (χ0v) is 29.5. The molecular formula is C35H40N2O7S3. The van der Waals surface area contributed by atoms with Crippen molar-refractivity contribution >= 4 is 50.5 Å². The zero-order valence-electron chi connectivity index (χ0n) is 27.1. The molecule has 250 valence electrons. The number of aromatic nitrogens is 1. The Morgan fingerprint density at radius 1 is 1.00 bits per heavy atom. The van der Waals surface area contributed by atoms with E-state index in [1.807, 2.05) is 72.1 Å². The van der Waals surface area contributed by atoms with Gasteiger partial charge in [-0.3, -0.25) is 0 Å². The minimum absolute atomic E-state index is 0.0712. The molecule has 0 bridgehead atoms. The number of carbonyl (C=O) groups is 1. The quantitative estimate of drug-likeness (QED) is 0.199. The van der Waals surface area contributed by atoms with Gasteiger partial charge in [0.1, 0.15) is 24.1 Å². The lowest BCUT2D eigenvalue weighted by atomic mass is 10.1. The predicted molar refractivity (Wildman–Crippen MR) is 186 cm³/mol. The highest BCUT2D eigenvalue weighted by molar-refractivity contribution is 8.19. The molecule has 3 heterocycles. The van der Waals surface area contributed by atoms with E-state index in [0.717, 1.165) is 22.6 Å². The third-order valence-electron chi connectivity index (χ3n) is 7.68. The van der Waals surface area contributed by atoms with Crippen LogP contribution in [0.2, 0.25) is 0 Å². The molecule has 3 aromatic carbocycles. The summed E-state index contributed by atoms with van der Waals surface area (Å²) >= 11 is 3.66. The van der Waals surface area contributed by atoms with Gasteiger partial charge in [0.2, 0.25) is 0 Å². The van der Waals surface area contributed by atoms with Crippen LogP contribution in [0.1, 0.15) is 62.1 Å². The lowest BCUT2D eigenvalue weighted by Crippen LogP contribution is -2.53. The van der Waals surface area contributed by atoms with Crippen molar-refractivity contribution in [3.8, 4) is 5.75 Å². The van der Waals surface area contributed by atoms with Gasteiger partial charge in [-0.25, -0.2) is 17.2 Å². The number of hydrogen-bond acceptors (Lipinski definition) is 9. The number of thioether (sulfide) groups is 2. The average Bonchev–Trinajstić information content (AvgIpc) is 3.70. The summed E-state index contributed by atoms with van der Waals surface area (Å²) < 4.78 is 55.3. The number of nitrogens with one attached hydrogen (secondary N) is 1. The molecule has 1 amide bonds. The van der Waals surface area contributed by atoms with Crippen LogP contribution in [0.5, 0.6) is 5.75 Å². The second-order valence-electron chi connectivity index (χ2n) is 13.0. The summed E-state index contributed by atoms with van der Waals surface area (Å²) in [6, 6.07) is 23.2. The van der Waals surface area contributed by atoms with Gasteiger partial charge in [0.25, 0.3) is 10.0 Å². The Kier molecular flexibility index (Phi) is 9.61. The fraction of sp³-hybridized carbons (Fsp3) is 0.400. The SMILES string of the molecule is CC(C)(C)OC(=O)N[C@H]1COC(C)(C)O[C@@H]1c1cc2c(OCc3ccccc3)cc(C3SCCS3)cc2n1S(=O)(=O)c1ccccc1. The molecule has 47 heavy (non-hydrogen) atoms. The van der Waals surface area contributed by atoms with Gasteiger partial charge >= 0.3 is 6.09 Å². The van der Waals surface area contributed by atoms with E-state index in [1.54, 1.807) is 65.0 Å². The Morgan fingerprint density at radius 3 is 2.32 bits per heavy atom. The highest BCUT2D eigenvalue weighted by Gasteiger charge is 2.42. The van der Waals surface area contributed by atoms with E-state index in [-0.39, 0.29) is 16.1 Å². The summed E-state index contributed by atoms with van der Waals surface area (Å²) in [7, 11) is -4.16. The lowest BCUT2D eigenvalue weighted by Gasteiger charge is -2.41. The summed E-state index contributed by atoms with van der Waals surface area (Å²) in [6.45, 7) is 9.25. The van der Waals surface area contributed by atoms with E-state index >= 15 is 0 Å². The topological polar surface area (TPSA) is 105 Å². The van der Waals surface area contributed by atoms with E-state index in [9.17, 15) is 13.2 Å². The molecule has 0 aliphatic carbocycles. The van der Waals surface area contributed by atoms with Crippen molar-refractivity contribution in [2.45, 2.75) is 74.2 Å². The summed E-state index contributed by atoms with van der Waals surface area (Å²) in [5.41, 5.74) is 2.04. The molecule has 2 aliphatic rings. The molecule has 2 aliphatic heterocycles. The Morgan fingerprint density at radius 2 is 1.66 bits per heavy atom. The molecule has 0 saturated carbocycles. The van der Waals surface area contributed by atoms with Crippen LogP contribution in [0, 0.1) is 0 Å². The van der Waals surface area contributed by atoms with Crippen molar-refractivity contribution in [2.24, 2.45) is 0 Å². The van der Waals surface area contributed by atoms with Crippen LogP contribution < -0.4 is 10.1 Å². The number of rotatable bonds is 8. The van der Waals surface area contributed by atoms with Crippen LogP contribution in [0.25, 0.3) is 10.9 Å². The van der Waals surface area contributed by atoms with Crippen LogP contribution in [0.15, 0.2) is 83.8 Å². The van der Waals surface area contributed by atoms with Gasteiger partial charge in [-0.2, -0.15) is 0 Å². The van der Waals surface area contributed by atoms with E-state index < -0.39 is 39.7 Å². The maximum atomic E-state index is 14.7. The van der Waals surface area contributed by atoms with Crippen LogP contribution in [-0.4, -0.2) is 54.0 Å². The Hall–Kier alpha value is -3.16. The fourth-order valence-corrected chi connectivity index (χ4v) is 10.0. The first-order chi connectivity index (χ1) is 22.3. The minimum Gasteiger partial charge on any atom is -0.488 e. The van der Waals surface area contributed by atoms with Gasteiger partial charge in [0, 0.05) is 16.9 Å². The van der Waals surface area contributed by atoms with Crippen molar-refractivity contribution in [1.82, 2.24) is 9.29 Å². The van der Waals surface area contributed by atoms with Crippen LogP contribution >= 0.6 is 23.5 Å². The molecular weight excluding hydrogens is 657 g/mol. The van der Waals surface area contributed by atoms with Crippen molar-refractivity contribution in [3.05, 3.63) is 95.7 Å². The second-order valence-corrected chi connectivity index (χ2v) is 17.5. The smallest absolute Gasteiger partial charge is 0.408 e. The standard InChI is InChI=1S/C35H40N2O7S3/c1-34(2,3)44-33(38)36-27-22-42-35(4,5)43-31(27)29-20-26-28(37(29)47(39,40)25-14-10-7-11-15-25)18-24(32-45-16-17-46-32)19-30(26)41-21-23-12-8-6-9-13-23/h6-15,18-20,27,31-32H,16-17,21-22H2,1-5H3,(H,36,38)/t27-,31-/m0/s1. The largest absolute Gasteiger partial charge is 0.488 e.